The van der Waals surface area contributed by atoms with Crippen LogP contribution in [0.2, 0.25) is 0 Å². The van der Waals surface area contributed by atoms with Crippen LogP contribution in [0.25, 0.3) is 10.8 Å². The van der Waals surface area contributed by atoms with E-state index in [9.17, 15) is 8.42 Å². The minimum absolute atomic E-state index is 0.0777. The lowest BCUT2D eigenvalue weighted by atomic mass is 9.98. The molecule has 0 unspecified atom stereocenters. The summed E-state index contributed by atoms with van der Waals surface area (Å²) in [4.78, 5) is 2.13. The third-order valence-electron chi connectivity index (χ3n) is 6.12. The van der Waals surface area contributed by atoms with E-state index in [1.165, 1.54) is 16.7 Å². The summed E-state index contributed by atoms with van der Waals surface area (Å²) >= 11 is 0. The van der Waals surface area contributed by atoms with Crippen molar-refractivity contribution in [2.24, 2.45) is 0 Å². The molecule has 2 heterocycles. The monoisotopic (exact) mass is 424 g/mol. The molecule has 0 amide bonds. The van der Waals surface area contributed by atoms with Crippen molar-refractivity contribution in [3.63, 3.8) is 0 Å². The summed E-state index contributed by atoms with van der Waals surface area (Å²) in [7, 11) is -2.91. The Morgan fingerprint density at radius 3 is 2.47 bits per heavy atom. The van der Waals surface area contributed by atoms with Crippen molar-refractivity contribution in [2.45, 2.75) is 33.7 Å². The maximum absolute atomic E-state index is 11.8. The zero-order valence-electron chi connectivity index (χ0n) is 17.9. The van der Waals surface area contributed by atoms with Crippen LogP contribution in [-0.4, -0.2) is 43.2 Å². The van der Waals surface area contributed by atoms with Gasteiger partial charge in [-0.1, -0.05) is 24.3 Å². The molecule has 1 saturated heterocycles. The van der Waals surface area contributed by atoms with Crippen molar-refractivity contribution in [1.29, 1.82) is 0 Å². The molecule has 1 aromatic heterocycles. The smallest absolute Gasteiger partial charge is 0.157 e. The normalized spacial score (nSPS) is 17.1. The SMILES string of the molecule is Cc1cccc([C@@H](C)Nc2nnc(C)c3ccc(N4CCS(=O)(=O)CC4)cc23)c1C. The predicted octanol–water partition coefficient (Wildman–Crippen LogP) is 3.96. The van der Waals surface area contributed by atoms with E-state index in [4.69, 9.17) is 0 Å². The van der Waals surface area contributed by atoms with Crippen molar-refractivity contribution in [1.82, 2.24) is 10.2 Å². The van der Waals surface area contributed by atoms with Gasteiger partial charge in [-0.2, -0.15) is 5.10 Å². The van der Waals surface area contributed by atoms with Crippen molar-refractivity contribution in [3.05, 3.63) is 58.8 Å². The molecule has 30 heavy (non-hydrogen) atoms. The highest BCUT2D eigenvalue weighted by molar-refractivity contribution is 7.91. The molecule has 0 bridgehead atoms. The lowest BCUT2D eigenvalue weighted by molar-refractivity contribution is 0.587. The molecule has 2 aromatic carbocycles. The van der Waals surface area contributed by atoms with E-state index in [2.05, 4.69) is 71.5 Å². The predicted molar refractivity (Wildman–Crippen MR) is 123 cm³/mol. The van der Waals surface area contributed by atoms with E-state index in [1.54, 1.807) is 0 Å². The molecular formula is C23H28N4O2S. The Balaban J connectivity index is 1.69. The van der Waals surface area contributed by atoms with Crippen LogP contribution in [0.15, 0.2) is 36.4 Å². The Morgan fingerprint density at radius 1 is 1.00 bits per heavy atom. The summed E-state index contributed by atoms with van der Waals surface area (Å²) in [6.07, 6.45) is 0. The second-order valence-corrected chi connectivity index (χ2v) is 10.5. The molecule has 0 saturated carbocycles. The second kappa shape index (κ2) is 7.87. The zero-order chi connectivity index (χ0) is 21.5. The maximum Gasteiger partial charge on any atom is 0.157 e. The molecule has 1 atom stereocenters. The number of aromatic nitrogens is 2. The van der Waals surface area contributed by atoms with Gasteiger partial charge in [0.15, 0.2) is 15.7 Å². The third kappa shape index (κ3) is 3.99. The van der Waals surface area contributed by atoms with Crippen LogP contribution >= 0.6 is 0 Å². The van der Waals surface area contributed by atoms with Crippen LogP contribution in [0.3, 0.4) is 0 Å². The third-order valence-corrected chi connectivity index (χ3v) is 7.73. The molecule has 158 valence electrons. The fourth-order valence-electron chi connectivity index (χ4n) is 4.08. The van der Waals surface area contributed by atoms with Crippen molar-refractivity contribution in [2.75, 3.05) is 34.8 Å². The molecule has 6 nitrogen and oxygen atoms in total. The first-order chi connectivity index (χ1) is 14.2. The number of hydrogen-bond acceptors (Lipinski definition) is 6. The van der Waals surface area contributed by atoms with Gasteiger partial charge in [0.1, 0.15) is 0 Å². The van der Waals surface area contributed by atoms with Gasteiger partial charge in [-0.05, 0) is 56.5 Å². The minimum atomic E-state index is -2.91. The summed E-state index contributed by atoms with van der Waals surface area (Å²) in [5.41, 5.74) is 5.68. The topological polar surface area (TPSA) is 75.2 Å². The quantitative estimate of drug-likeness (QED) is 0.683. The van der Waals surface area contributed by atoms with Gasteiger partial charge in [0, 0.05) is 29.5 Å². The largest absolute Gasteiger partial charge is 0.369 e. The van der Waals surface area contributed by atoms with Gasteiger partial charge >= 0.3 is 0 Å². The molecule has 0 radical (unpaired) electrons. The van der Waals surface area contributed by atoms with E-state index in [0.717, 1.165) is 28.0 Å². The van der Waals surface area contributed by atoms with Crippen molar-refractivity contribution >= 4 is 32.1 Å². The fraction of sp³-hybridized carbons (Fsp3) is 0.391. The summed E-state index contributed by atoms with van der Waals surface area (Å²) in [5.74, 6) is 1.15. The van der Waals surface area contributed by atoms with Crippen molar-refractivity contribution < 1.29 is 8.42 Å². The molecule has 1 aliphatic heterocycles. The number of nitrogens with zero attached hydrogens (tertiary/aromatic N) is 3. The number of anilines is 2. The van der Waals surface area contributed by atoms with Gasteiger partial charge in [-0.25, -0.2) is 8.42 Å². The average Bonchev–Trinajstić information content (AvgIpc) is 2.72. The first-order valence-corrected chi connectivity index (χ1v) is 12.1. The highest BCUT2D eigenvalue weighted by atomic mass is 32.2. The fourth-order valence-corrected chi connectivity index (χ4v) is 5.28. The Kier molecular flexibility index (Phi) is 5.40. The van der Waals surface area contributed by atoms with Gasteiger partial charge in [0.05, 0.1) is 23.2 Å². The number of fused-ring (bicyclic) bond motifs is 1. The lowest BCUT2D eigenvalue weighted by Crippen LogP contribution is -2.40. The van der Waals surface area contributed by atoms with Gasteiger partial charge < -0.3 is 10.2 Å². The van der Waals surface area contributed by atoms with Crippen molar-refractivity contribution in [3.8, 4) is 0 Å². The standard InChI is InChI=1S/C23H28N4O2S/c1-15-6-5-7-20(16(15)2)17(3)24-23-22-14-19(8-9-21(22)18(4)25-26-23)27-10-12-30(28,29)13-11-27/h5-9,14,17H,10-13H2,1-4H3,(H,24,26)/t17-/m1/s1. The average molecular weight is 425 g/mol. The number of rotatable bonds is 4. The summed E-state index contributed by atoms with van der Waals surface area (Å²) in [5, 5.41) is 14.4. The van der Waals surface area contributed by atoms with Gasteiger partial charge in [0.25, 0.3) is 0 Å². The number of sulfone groups is 1. The van der Waals surface area contributed by atoms with E-state index >= 15 is 0 Å². The molecule has 0 spiro atoms. The zero-order valence-corrected chi connectivity index (χ0v) is 18.8. The molecule has 3 aromatic rings. The van der Waals surface area contributed by atoms with E-state index < -0.39 is 9.84 Å². The molecule has 1 fully saturated rings. The number of hydrogen-bond donors (Lipinski definition) is 1. The van der Waals surface area contributed by atoms with Crippen LogP contribution in [0.4, 0.5) is 11.5 Å². The number of nitrogens with one attached hydrogen (secondary N) is 1. The number of benzene rings is 2. The first-order valence-electron chi connectivity index (χ1n) is 10.3. The second-order valence-electron chi connectivity index (χ2n) is 8.16. The molecule has 1 aliphatic rings. The van der Waals surface area contributed by atoms with Crippen LogP contribution in [0, 0.1) is 20.8 Å². The minimum Gasteiger partial charge on any atom is -0.369 e. The Labute approximate surface area is 178 Å². The first kappa shape index (κ1) is 20.6. The van der Waals surface area contributed by atoms with Crippen LogP contribution < -0.4 is 10.2 Å². The molecule has 4 rings (SSSR count). The highest BCUT2D eigenvalue weighted by Crippen LogP contribution is 2.31. The Bertz CT molecular complexity index is 1190. The lowest BCUT2D eigenvalue weighted by Gasteiger charge is -2.29. The Morgan fingerprint density at radius 2 is 1.73 bits per heavy atom. The van der Waals surface area contributed by atoms with Crippen LogP contribution in [0.5, 0.6) is 0 Å². The highest BCUT2D eigenvalue weighted by Gasteiger charge is 2.22. The summed E-state index contributed by atoms with van der Waals surface area (Å²) in [6.45, 7) is 9.40. The van der Waals surface area contributed by atoms with Crippen LogP contribution in [0.1, 0.15) is 35.3 Å². The Hall–Kier alpha value is -2.67. The number of aryl methyl sites for hydroxylation is 2. The van der Waals surface area contributed by atoms with E-state index in [0.29, 0.717) is 13.1 Å². The molecule has 0 aliphatic carbocycles. The summed E-state index contributed by atoms with van der Waals surface area (Å²) in [6, 6.07) is 12.6. The van der Waals surface area contributed by atoms with Gasteiger partial charge in [-0.3, -0.25) is 0 Å². The molecular weight excluding hydrogens is 396 g/mol. The van der Waals surface area contributed by atoms with Gasteiger partial charge in [0.2, 0.25) is 0 Å². The summed E-state index contributed by atoms with van der Waals surface area (Å²) < 4.78 is 23.6. The maximum atomic E-state index is 11.8. The molecule has 7 heteroatoms. The van der Waals surface area contributed by atoms with E-state index in [1.807, 2.05) is 13.0 Å². The van der Waals surface area contributed by atoms with Gasteiger partial charge in [-0.15, -0.1) is 5.10 Å². The van der Waals surface area contributed by atoms with E-state index in [-0.39, 0.29) is 17.5 Å². The molecule has 1 N–H and O–H groups in total. The van der Waals surface area contributed by atoms with Crippen LogP contribution in [-0.2, 0) is 9.84 Å².